The Kier molecular flexibility index (Phi) is 6.86. The van der Waals surface area contributed by atoms with Crippen molar-refractivity contribution in [1.82, 2.24) is 34.5 Å². The average molecular weight is 523 g/mol. The molecule has 1 N–H and O–H groups in total. The minimum atomic E-state index is -3.00. The Hall–Kier alpha value is -3.52. The molecule has 14 heteroatoms. The summed E-state index contributed by atoms with van der Waals surface area (Å²) in [7, 11) is 2.97. The number of aromatic nitrogens is 6. The number of benzene rings is 1. The average Bonchev–Trinajstić information content (AvgIpc) is 3.47. The Morgan fingerprint density at radius 3 is 2.78 bits per heavy atom. The van der Waals surface area contributed by atoms with E-state index >= 15 is 0 Å². The number of alkyl halides is 4. The van der Waals surface area contributed by atoms with Crippen molar-refractivity contribution in [3.63, 3.8) is 0 Å². The van der Waals surface area contributed by atoms with Crippen molar-refractivity contribution in [3.8, 4) is 17.0 Å². The van der Waals surface area contributed by atoms with Crippen molar-refractivity contribution >= 4 is 22.5 Å². The molecular formula is C23H26F4N8O2. The van der Waals surface area contributed by atoms with E-state index in [4.69, 9.17) is 9.47 Å². The molecule has 3 aromatic heterocycles. The van der Waals surface area contributed by atoms with Crippen molar-refractivity contribution in [2.24, 2.45) is 0 Å². The maximum atomic E-state index is 14.9. The van der Waals surface area contributed by atoms with Crippen LogP contribution in [0.15, 0.2) is 30.5 Å². The number of halogens is 4. The molecule has 0 saturated carbocycles. The highest BCUT2D eigenvalue weighted by Crippen LogP contribution is 2.34. The molecule has 4 aromatic rings. The number of fused-ring (bicyclic) bond motifs is 2. The van der Waals surface area contributed by atoms with Gasteiger partial charge in [0.1, 0.15) is 17.6 Å². The molecule has 37 heavy (non-hydrogen) atoms. The summed E-state index contributed by atoms with van der Waals surface area (Å²) < 4.78 is 68.8. The Morgan fingerprint density at radius 1 is 1.22 bits per heavy atom. The van der Waals surface area contributed by atoms with Crippen LogP contribution in [0.3, 0.4) is 0 Å². The van der Waals surface area contributed by atoms with Gasteiger partial charge in [0, 0.05) is 32.0 Å². The lowest BCUT2D eigenvalue weighted by Crippen LogP contribution is -2.55. The van der Waals surface area contributed by atoms with Crippen LogP contribution in [0.1, 0.15) is 6.42 Å². The molecular weight excluding hydrogens is 496 g/mol. The van der Waals surface area contributed by atoms with Crippen molar-refractivity contribution in [1.29, 1.82) is 0 Å². The lowest BCUT2D eigenvalue weighted by Gasteiger charge is -2.38. The van der Waals surface area contributed by atoms with Gasteiger partial charge in [-0.15, -0.1) is 10.2 Å². The molecule has 1 fully saturated rings. The Bertz CT molecular complexity index is 1390. The minimum Gasteiger partial charge on any atom is -0.479 e. The standard InChI is InChI=1S/C23H26F4N8O2/c1-36-10-9-33-7-6-18(23(26,27)13-33)28-22-29-21(37-2)20-15(5-8-34(20)31-22)14-3-4-16-17(11-14)35(32-30-16)12-19(24)25/h3-5,8,11,18-19H,6-7,9-10,12-13H2,1-2H3,(H,28,31). The summed E-state index contributed by atoms with van der Waals surface area (Å²) in [6, 6.07) is 5.79. The van der Waals surface area contributed by atoms with Gasteiger partial charge in [-0.1, -0.05) is 11.3 Å². The van der Waals surface area contributed by atoms with Gasteiger partial charge >= 0.3 is 0 Å². The minimum absolute atomic E-state index is 0.0104. The van der Waals surface area contributed by atoms with E-state index in [2.05, 4.69) is 25.7 Å². The summed E-state index contributed by atoms with van der Waals surface area (Å²) in [6.07, 6.45) is -0.712. The summed E-state index contributed by atoms with van der Waals surface area (Å²) in [5, 5.41) is 14.9. The van der Waals surface area contributed by atoms with Crippen molar-refractivity contribution in [3.05, 3.63) is 30.5 Å². The number of rotatable bonds is 9. The Balaban J connectivity index is 1.44. The molecule has 1 unspecified atom stereocenters. The highest BCUT2D eigenvalue weighted by atomic mass is 19.3. The lowest BCUT2D eigenvalue weighted by molar-refractivity contribution is -0.0770. The fourth-order valence-corrected chi connectivity index (χ4v) is 4.58. The van der Waals surface area contributed by atoms with Gasteiger partial charge in [0.15, 0.2) is 0 Å². The number of nitrogens with one attached hydrogen (secondary N) is 1. The molecule has 0 amide bonds. The van der Waals surface area contributed by atoms with Crippen molar-refractivity contribution in [2.45, 2.75) is 31.4 Å². The van der Waals surface area contributed by atoms with Gasteiger partial charge in [0.2, 0.25) is 11.8 Å². The van der Waals surface area contributed by atoms with Crippen LogP contribution < -0.4 is 10.1 Å². The van der Waals surface area contributed by atoms with Crippen molar-refractivity contribution in [2.75, 3.05) is 45.8 Å². The van der Waals surface area contributed by atoms with Crippen molar-refractivity contribution < 1.29 is 27.0 Å². The zero-order chi connectivity index (χ0) is 26.2. The predicted molar refractivity (Wildman–Crippen MR) is 127 cm³/mol. The van der Waals surface area contributed by atoms with Gasteiger partial charge in [0.25, 0.3) is 12.3 Å². The third-order valence-corrected chi connectivity index (χ3v) is 6.40. The van der Waals surface area contributed by atoms with Crippen LogP contribution in [0.4, 0.5) is 23.5 Å². The molecule has 1 aliphatic rings. The Morgan fingerprint density at radius 2 is 2.05 bits per heavy atom. The molecule has 198 valence electrons. The number of hydrogen-bond acceptors (Lipinski definition) is 8. The number of nitrogens with zero attached hydrogens (tertiary/aromatic N) is 7. The second kappa shape index (κ2) is 10.1. The molecule has 1 aromatic carbocycles. The van der Waals surface area contributed by atoms with Crippen LogP contribution in [0, 0.1) is 0 Å². The van der Waals surface area contributed by atoms with Gasteiger partial charge in [-0.25, -0.2) is 26.8 Å². The first-order valence-corrected chi connectivity index (χ1v) is 11.7. The smallest absolute Gasteiger partial charge is 0.280 e. The van der Waals surface area contributed by atoms with Crippen LogP contribution in [0.25, 0.3) is 27.7 Å². The fraction of sp³-hybridized carbons (Fsp3) is 0.478. The predicted octanol–water partition coefficient (Wildman–Crippen LogP) is 3.18. The van der Waals surface area contributed by atoms with E-state index in [-0.39, 0.29) is 24.8 Å². The second-order valence-corrected chi connectivity index (χ2v) is 8.85. The highest BCUT2D eigenvalue weighted by Gasteiger charge is 2.45. The summed E-state index contributed by atoms with van der Waals surface area (Å²) in [6.45, 7) is 0.350. The van der Waals surface area contributed by atoms with E-state index in [1.54, 1.807) is 35.4 Å². The Labute approximate surface area is 209 Å². The number of piperidine rings is 1. The molecule has 10 nitrogen and oxygen atoms in total. The summed E-state index contributed by atoms with van der Waals surface area (Å²) >= 11 is 0. The third kappa shape index (κ3) is 5.03. The van der Waals surface area contributed by atoms with E-state index in [1.807, 2.05) is 0 Å². The van der Waals surface area contributed by atoms with E-state index in [0.717, 1.165) is 4.68 Å². The molecule has 0 radical (unpaired) electrons. The number of hydrogen-bond donors (Lipinski definition) is 1. The number of likely N-dealkylation sites (tertiary alicyclic amines) is 1. The maximum absolute atomic E-state index is 14.9. The molecule has 1 aliphatic heterocycles. The first kappa shape index (κ1) is 25.1. The second-order valence-electron chi connectivity index (χ2n) is 8.85. The molecule has 1 atom stereocenters. The number of methoxy groups -OCH3 is 2. The molecule has 4 heterocycles. The zero-order valence-corrected chi connectivity index (χ0v) is 20.2. The van der Waals surface area contributed by atoms with Gasteiger partial charge in [0.05, 0.1) is 31.8 Å². The third-order valence-electron chi connectivity index (χ3n) is 6.40. The topological polar surface area (TPSA) is 94.6 Å². The monoisotopic (exact) mass is 522 g/mol. The van der Waals surface area contributed by atoms with Crippen LogP contribution in [0.2, 0.25) is 0 Å². The molecule has 5 rings (SSSR count). The van der Waals surface area contributed by atoms with Gasteiger partial charge in [-0.3, -0.25) is 4.90 Å². The normalized spacial score (nSPS) is 18.2. The molecule has 0 aliphatic carbocycles. The summed E-state index contributed by atoms with van der Waals surface area (Å²) in [5.41, 5.74) is 2.80. The molecule has 0 spiro atoms. The van der Waals surface area contributed by atoms with Gasteiger partial charge in [-0.2, -0.15) is 4.98 Å². The fourth-order valence-electron chi connectivity index (χ4n) is 4.58. The largest absolute Gasteiger partial charge is 0.479 e. The molecule has 1 saturated heterocycles. The first-order valence-electron chi connectivity index (χ1n) is 11.7. The SMILES string of the molecule is COCCN1CCC(Nc2nc(OC)c3c(-c4ccc5nnn(CC(F)F)c5c4)ccn3n2)C(F)(F)C1. The quantitative estimate of drug-likeness (QED) is 0.335. The lowest BCUT2D eigenvalue weighted by atomic mass is 10.0. The molecule has 0 bridgehead atoms. The van der Waals surface area contributed by atoms with Crippen LogP contribution >= 0.6 is 0 Å². The number of anilines is 1. The number of ether oxygens (including phenoxy) is 2. The van der Waals surface area contributed by atoms with E-state index in [9.17, 15) is 17.6 Å². The zero-order valence-electron chi connectivity index (χ0n) is 20.2. The van der Waals surface area contributed by atoms with E-state index < -0.39 is 24.9 Å². The maximum Gasteiger partial charge on any atom is 0.280 e. The summed E-state index contributed by atoms with van der Waals surface area (Å²) in [5.74, 6) is -2.81. The van der Waals surface area contributed by atoms with Gasteiger partial charge in [-0.05, 0) is 30.2 Å². The summed E-state index contributed by atoms with van der Waals surface area (Å²) in [4.78, 5) is 6.02. The van der Waals surface area contributed by atoms with Crippen LogP contribution in [0.5, 0.6) is 5.88 Å². The van der Waals surface area contributed by atoms with Crippen LogP contribution in [-0.4, -0.2) is 93.3 Å². The van der Waals surface area contributed by atoms with E-state index in [0.29, 0.717) is 47.4 Å². The van der Waals surface area contributed by atoms with Gasteiger partial charge < -0.3 is 14.8 Å². The first-order chi connectivity index (χ1) is 17.8. The van der Waals surface area contributed by atoms with Crippen LogP contribution in [-0.2, 0) is 11.3 Å². The highest BCUT2D eigenvalue weighted by molar-refractivity contribution is 5.89. The van der Waals surface area contributed by atoms with E-state index in [1.165, 1.54) is 18.7 Å².